The summed E-state index contributed by atoms with van der Waals surface area (Å²) in [6.45, 7) is 2.31. The van der Waals surface area contributed by atoms with Crippen molar-refractivity contribution in [2.24, 2.45) is 5.92 Å². The molecule has 2 nitrogen and oxygen atoms in total. The average Bonchev–Trinajstić information content (AvgIpc) is 2.55. The maximum atomic E-state index is 6.28. The van der Waals surface area contributed by atoms with Crippen molar-refractivity contribution in [1.82, 2.24) is 5.32 Å². The highest BCUT2D eigenvalue weighted by molar-refractivity contribution is 5.39. The van der Waals surface area contributed by atoms with Crippen molar-refractivity contribution in [2.75, 3.05) is 7.05 Å². The highest BCUT2D eigenvalue weighted by Gasteiger charge is 2.23. The van der Waals surface area contributed by atoms with Crippen LogP contribution in [0.4, 0.5) is 0 Å². The van der Waals surface area contributed by atoms with E-state index < -0.39 is 0 Å². The van der Waals surface area contributed by atoms with Crippen LogP contribution in [0.1, 0.15) is 69.0 Å². The molecule has 1 atom stereocenters. The van der Waals surface area contributed by atoms with Crippen LogP contribution in [0.25, 0.3) is 0 Å². The molecule has 2 heteroatoms. The van der Waals surface area contributed by atoms with Gasteiger partial charge in [0, 0.05) is 6.04 Å². The minimum absolute atomic E-state index is 0.433. The summed E-state index contributed by atoms with van der Waals surface area (Å²) < 4.78 is 6.28. The molecule has 0 aliphatic heterocycles. The van der Waals surface area contributed by atoms with Gasteiger partial charge in [-0.3, -0.25) is 0 Å². The van der Waals surface area contributed by atoms with Gasteiger partial charge < -0.3 is 10.1 Å². The quantitative estimate of drug-likeness (QED) is 0.871. The lowest BCUT2D eigenvalue weighted by atomic mass is 9.85. The van der Waals surface area contributed by atoms with Crippen LogP contribution in [0.15, 0.2) is 18.2 Å². The van der Waals surface area contributed by atoms with Gasteiger partial charge in [-0.05, 0) is 81.2 Å². The Kier molecular flexibility index (Phi) is 4.84. The predicted molar refractivity (Wildman–Crippen MR) is 87.8 cm³/mol. The Bertz CT molecular complexity index is 463. The van der Waals surface area contributed by atoms with Gasteiger partial charge in [-0.2, -0.15) is 0 Å². The molecule has 0 amide bonds. The molecule has 0 saturated heterocycles. The molecule has 2 aliphatic carbocycles. The first-order valence-corrected chi connectivity index (χ1v) is 8.77. The minimum Gasteiger partial charge on any atom is -0.490 e. The van der Waals surface area contributed by atoms with Crippen LogP contribution in [-0.4, -0.2) is 13.2 Å². The van der Waals surface area contributed by atoms with E-state index in [2.05, 4.69) is 37.5 Å². The van der Waals surface area contributed by atoms with Gasteiger partial charge >= 0.3 is 0 Å². The molecule has 0 spiro atoms. The Morgan fingerprint density at radius 3 is 2.67 bits per heavy atom. The van der Waals surface area contributed by atoms with Crippen LogP contribution in [0.2, 0.25) is 0 Å². The first-order chi connectivity index (χ1) is 10.3. The first kappa shape index (κ1) is 14.9. The maximum Gasteiger partial charge on any atom is 0.120 e. The van der Waals surface area contributed by atoms with Crippen molar-refractivity contribution in [3.8, 4) is 5.75 Å². The average molecular weight is 287 g/mol. The summed E-state index contributed by atoms with van der Waals surface area (Å²) in [6, 6.07) is 7.27. The smallest absolute Gasteiger partial charge is 0.120 e. The van der Waals surface area contributed by atoms with Crippen molar-refractivity contribution in [3.05, 3.63) is 29.3 Å². The van der Waals surface area contributed by atoms with Gasteiger partial charge in [-0.15, -0.1) is 0 Å². The summed E-state index contributed by atoms with van der Waals surface area (Å²) in [5.74, 6) is 2.01. The molecule has 1 saturated carbocycles. The molecular formula is C19H29NO. The molecule has 1 aromatic rings. The standard InChI is InChI=1S/C19H29NO/c1-3-14-7-10-16(11-8-14)21-17-12-9-15-5-4-6-19(20-2)18(15)13-17/h9,12-14,16,19-20H,3-8,10-11H2,1-2H3. The zero-order valence-corrected chi connectivity index (χ0v) is 13.5. The number of hydrogen-bond acceptors (Lipinski definition) is 2. The third-order valence-corrected chi connectivity index (χ3v) is 5.45. The summed E-state index contributed by atoms with van der Waals surface area (Å²) in [6.07, 6.45) is 10.6. The second-order valence-electron chi connectivity index (χ2n) is 6.76. The fourth-order valence-corrected chi connectivity index (χ4v) is 4.00. The van der Waals surface area contributed by atoms with Crippen molar-refractivity contribution in [1.29, 1.82) is 0 Å². The van der Waals surface area contributed by atoms with Crippen molar-refractivity contribution < 1.29 is 4.74 Å². The Morgan fingerprint density at radius 1 is 1.14 bits per heavy atom. The lowest BCUT2D eigenvalue weighted by Crippen LogP contribution is -2.25. The second-order valence-corrected chi connectivity index (χ2v) is 6.76. The fraction of sp³-hybridized carbons (Fsp3) is 0.684. The van der Waals surface area contributed by atoms with E-state index in [0.29, 0.717) is 12.1 Å². The Labute approximate surface area is 129 Å². The normalized spacial score (nSPS) is 29.0. The molecule has 0 radical (unpaired) electrons. The van der Waals surface area contributed by atoms with E-state index in [1.54, 1.807) is 0 Å². The Morgan fingerprint density at radius 2 is 1.95 bits per heavy atom. The van der Waals surface area contributed by atoms with E-state index in [0.717, 1.165) is 11.7 Å². The van der Waals surface area contributed by atoms with Gasteiger partial charge in [0.05, 0.1) is 6.10 Å². The van der Waals surface area contributed by atoms with Crippen LogP contribution < -0.4 is 10.1 Å². The van der Waals surface area contributed by atoms with Gasteiger partial charge in [0.1, 0.15) is 5.75 Å². The topological polar surface area (TPSA) is 21.3 Å². The molecule has 2 aliphatic rings. The van der Waals surface area contributed by atoms with Gasteiger partial charge in [0.2, 0.25) is 0 Å². The summed E-state index contributed by atoms with van der Waals surface area (Å²) >= 11 is 0. The number of fused-ring (bicyclic) bond motifs is 1. The molecule has 0 aromatic heterocycles. The first-order valence-electron chi connectivity index (χ1n) is 8.77. The van der Waals surface area contributed by atoms with Gasteiger partial charge in [-0.1, -0.05) is 19.4 Å². The molecule has 3 rings (SSSR count). The highest BCUT2D eigenvalue weighted by atomic mass is 16.5. The Hall–Kier alpha value is -1.02. The third-order valence-electron chi connectivity index (χ3n) is 5.45. The van der Waals surface area contributed by atoms with Crippen LogP contribution >= 0.6 is 0 Å². The zero-order valence-electron chi connectivity index (χ0n) is 13.5. The van der Waals surface area contributed by atoms with E-state index in [-0.39, 0.29) is 0 Å². The third kappa shape index (κ3) is 3.42. The molecule has 0 heterocycles. The highest BCUT2D eigenvalue weighted by Crippen LogP contribution is 2.34. The van der Waals surface area contributed by atoms with E-state index >= 15 is 0 Å². The predicted octanol–water partition coefficient (Wildman–Crippen LogP) is 4.63. The molecule has 1 N–H and O–H groups in total. The summed E-state index contributed by atoms with van der Waals surface area (Å²) in [5.41, 5.74) is 2.96. The lowest BCUT2D eigenvalue weighted by Gasteiger charge is -2.30. The van der Waals surface area contributed by atoms with Gasteiger partial charge in [0.15, 0.2) is 0 Å². The van der Waals surface area contributed by atoms with E-state index in [4.69, 9.17) is 4.74 Å². The number of ether oxygens (including phenoxy) is 1. The number of nitrogens with one attached hydrogen (secondary N) is 1. The van der Waals surface area contributed by atoms with Crippen molar-refractivity contribution in [2.45, 2.75) is 70.4 Å². The zero-order chi connectivity index (χ0) is 14.7. The largest absolute Gasteiger partial charge is 0.490 e. The van der Waals surface area contributed by atoms with Crippen LogP contribution in [0, 0.1) is 5.92 Å². The Balaban J connectivity index is 1.66. The maximum absolute atomic E-state index is 6.28. The molecular weight excluding hydrogens is 258 g/mol. The SMILES string of the molecule is CCC1CCC(Oc2ccc3c(c2)C(NC)CCC3)CC1. The molecule has 1 fully saturated rings. The molecule has 0 bridgehead atoms. The number of aryl methyl sites for hydroxylation is 1. The number of hydrogen-bond donors (Lipinski definition) is 1. The van der Waals surface area contributed by atoms with Crippen molar-refractivity contribution >= 4 is 0 Å². The van der Waals surface area contributed by atoms with E-state index in [9.17, 15) is 0 Å². The molecule has 1 unspecified atom stereocenters. The lowest BCUT2D eigenvalue weighted by molar-refractivity contribution is 0.129. The van der Waals surface area contributed by atoms with Gasteiger partial charge in [-0.25, -0.2) is 0 Å². The van der Waals surface area contributed by atoms with Crippen LogP contribution in [0.5, 0.6) is 5.75 Å². The van der Waals surface area contributed by atoms with Crippen molar-refractivity contribution in [3.63, 3.8) is 0 Å². The van der Waals surface area contributed by atoms with E-state index in [1.165, 1.54) is 62.5 Å². The van der Waals surface area contributed by atoms with Crippen LogP contribution in [-0.2, 0) is 6.42 Å². The van der Waals surface area contributed by atoms with E-state index in [1.807, 2.05) is 0 Å². The second kappa shape index (κ2) is 6.83. The van der Waals surface area contributed by atoms with Crippen LogP contribution in [0.3, 0.4) is 0 Å². The summed E-state index contributed by atoms with van der Waals surface area (Å²) in [4.78, 5) is 0. The monoisotopic (exact) mass is 287 g/mol. The summed E-state index contributed by atoms with van der Waals surface area (Å²) in [7, 11) is 2.07. The number of benzene rings is 1. The fourth-order valence-electron chi connectivity index (χ4n) is 4.00. The molecule has 21 heavy (non-hydrogen) atoms. The molecule has 1 aromatic carbocycles. The molecule has 116 valence electrons. The minimum atomic E-state index is 0.433. The number of rotatable bonds is 4. The van der Waals surface area contributed by atoms with Gasteiger partial charge in [0.25, 0.3) is 0 Å². The summed E-state index contributed by atoms with van der Waals surface area (Å²) in [5, 5.41) is 3.45.